The van der Waals surface area contributed by atoms with E-state index in [1.807, 2.05) is 6.26 Å². The minimum atomic E-state index is -1.60. The van der Waals surface area contributed by atoms with Crippen LogP contribution in [0.2, 0.25) is 18.1 Å². The molecule has 0 rings (SSSR count). The van der Waals surface area contributed by atoms with Crippen LogP contribution in [-0.4, -0.2) is 8.32 Å². The van der Waals surface area contributed by atoms with Crippen LogP contribution >= 0.6 is 0 Å². The van der Waals surface area contributed by atoms with Crippen LogP contribution in [0.5, 0.6) is 0 Å². The van der Waals surface area contributed by atoms with Crippen LogP contribution in [0, 0.1) is 12.3 Å². The van der Waals surface area contributed by atoms with Gasteiger partial charge in [-0.05, 0) is 37.4 Å². The summed E-state index contributed by atoms with van der Waals surface area (Å²) in [6, 6.07) is 0. The molecule has 0 aliphatic carbocycles. The van der Waals surface area contributed by atoms with Gasteiger partial charge in [0.15, 0.2) is 0 Å². The first-order chi connectivity index (χ1) is 7.31. The van der Waals surface area contributed by atoms with Crippen LogP contribution < -0.4 is 0 Å². The highest BCUT2D eigenvalue weighted by Crippen LogP contribution is 2.36. The van der Waals surface area contributed by atoms with E-state index in [1.54, 1.807) is 0 Å². The Labute approximate surface area is 102 Å². The lowest BCUT2D eigenvalue weighted by Crippen LogP contribution is -2.39. The molecule has 0 fully saturated rings. The fraction of sp³-hybridized carbons (Fsp3) is 0.714. The first-order valence-electron chi connectivity index (χ1n) is 6.07. The maximum absolute atomic E-state index is 5.92. The summed E-state index contributed by atoms with van der Waals surface area (Å²) in [5.41, 5.74) is 0. The highest BCUT2D eigenvalue weighted by molar-refractivity contribution is 6.74. The molecule has 1 nitrogen and oxygen atoms in total. The fourth-order valence-corrected chi connectivity index (χ4v) is 1.74. The van der Waals surface area contributed by atoms with Crippen LogP contribution in [0.3, 0.4) is 0 Å². The molecule has 0 aromatic rings. The molecule has 0 radical (unpaired) electrons. The van der Waals surface area contributed by atoms with Gasteiger partial charge in [0, 0.05) is 6.42 Å². The van der Waals surface area contributed by atoms with Gasteiger partial charge in [-0.2, -0.15) is 0 Å². The van der Waals surface area contributed by atoms with E-state index in [2.05, 4.69) is 45.9 Å². The normalized spacial score (nSPS) is 12.8. The molecule has 92 valence electrons. The first kappa shape index (κ1) is 15.3. The van der Waals surface area contributed by atoms with E-state index in [4.69, 9.17) is 10.8 Å². The van der Waals surface area contributed by atoms with Crippen molar-refractivity contribution in [2.45, 2.75) is 64.6 Å². The zero-order chi connectivity index (χ0) is 12.7. The Bertz CT molecular complexity index is 253. The molecular formula is C14H26OSi. The average molecular weight is 238 g/mol. The van der Waals surface area contributed by atoms with Gasteiger partial charge >= 0.3 is 0 Å². The number of unbranched alkanes of at least 4 members (excludes halogenated alkanes) is 3. The molecule has 0 spiro atoms. The Morgan fingerprint density at radius 2 is 1.88 bits per heavy atom. The Hall–Kier alpha value is -0.683. The van der Waals surface area contributed by atoms with Crippen molar-refractivity contribution in [3.05, 3.63) is 12.3 Å². The summed E-state index contributed by atoms with van der Waals surface area (Å²) in [6.45, 7) is 11.3. The Balaban J connectivity index is 3.80. The van der Waals surface area contributed by atoms with Gasteiger partial charge in [-0.25, -0.2) is 0 Å². The number of rotatable bonds is 6. The summed E-state index contributed by atoms with van der Waals surface area (Å²) >= 11 is 0. The molecule has 2 heteroatoms. The molecule has 0 saturated heterocycles. The Morgan fingerprint density at radius 3 is 2.38 bits per heavy atom. The molecule has 16 heavy (non-hydrogen) atoms. The lowest BCUT2D eigenvalue weighted by Gasteiger charge is -2.34. The molecule has 0 aliphatic rings. The van der Waals surface area contributed by atoms with Crippen molar-refractivity contribution in [3.63, 3.8) is 0 Å². The topological polar surface area (TPSA) is 9.23 Å². The van der Waals surface area contributed by atoms with Crippen molar-refractivity contribution in [1.29, 1.82) is 0 Å². The van der Waals surface area contributed by atoms with Crippen LogP contribution in [0.1, 0.15) is 46.5 Å². The average Bonchev–Trinajstić information content (AvgIpc) is 2.14. The van der Waals surface area contributed by atoms with Gasteiger partial charge in [-0.3, -0.25) is 0 Å². The van der Waals surface area contributed by atoms with Crippen molar-refractivity contribution in [1.82, 2.24) is 0 Å². The largest absolute Gasteiger partial charge is 0.549 e. The van der Waals surface area contributed by atoms with E-state index < -0.39 is 8.32 Å². The predicted octanol–water partition coefficient (Wildman–Crippen LogP) is 4.72. The molecule has 0 aliphatic heterocycles. The number of hydrogen-bond acceptors (Lipinski definition) is 1. The molecule has 0 N–H and O–H groups in total. The lowest BCUT2D eigenvalue weighted by molar-refractivity contribution is 0.428. The van der Waals surface area contributed by atoms with Gasteiger partial charge in [0.05, 0.1) is 6.26 Å². The minimum absolute atomic E-state index is 0.279. The third kappa shape index (κ3) is 6.02. The molecule has 0 bridgehead atoms. The SMILES string of the molecule is C#CCCCCC=CO[Si](C)(C)C(C)(C)C. The molecule has 0 aromatic heterocycles. The van der Waals surface area contributed by atoms with Crippen molar-refractivity contribution in [2.75, 3.05) is 0 Å². The summed E-state index contributed by atoms with van der Waals surface area (Å²) in [5.74, 6) is 2.65. The van der Waals surface area contributed by atoms with Crippen molar-refractivity contribution < 1.29 is 4.43 Å². The Morgan fingerprint density at radius 1 is 1.25 bits per heavy atom. The second kappa shape index (κ2) is 6.80. The van der Waals surface area contributed by atoms with E-state index in [0.29, 0.717) is 0 Å². The maximum Gasteiger partial charge on any atom is 0.249 e. The summed E-state index contributed by atoms with van der Waals surface area (Å²) < 4.78 is 5.92. The smallest absolute Gasteiger partial charge is 0.249 e. The summed E-state index contributed by atoms with van der Waals surface area (Å²) in [7, 11) is -1.60. The van der Waals surface area contributed by atoms with E-state index in [9.17, 15) is 0 Å². The van der Waals surface area contributed by atoms with Crippen molar-refractivity contribution >= 4 is 8.32 Å². The van der Waals surface area contributed by atoms with Gasteiger partial charge < -0.3 is 4.43 Å². The van der Waals surface area contributed by atoms with Gasteiger partial charge in [0.25, 0.3) is 0 Å². The number of allylic oxidation sites excluding steroid dienone is 1. The minimum Gasteiger partial charge on any atom is -0.549 e. The molecule has 0 saturated carbocycles. The fourth-order valence-electron chi connectivity index (χ4n) is 0.952. The monoisotopic (exact) mass is 238 g/mol. The molecule has 0 unspecified atom stereocenters. The zero-order valence-corrected chi connectivity index (χ0v) is 12.5. The van der Waals surface area contributed by atoms with Crippen molar-refractivity contribution in [3.8, 4) is 12.3 Å². The highest BCUT2D eigenvalue weighted by Gasteiger charge is 2.37. The second-order valence-electron chi connectivity index (χ2n) is 5.70. The molecule has 0 heterocycles. The van der Waals surface area contributed by atoms with Gasteiger partial charge in [-0.1, -0.05) is 26.8 Å². The maximum atomic E-state index is 5.92. The third-order valence-corrected chi connectivity index (χ3v) is 7.54. The lowest BCUT2D eigenvalue weighted by atomic mass is 10.2. The van der Waals surface area contributed by atoms with Gasteiger partial charge in [-0.15, -0.1) is 12.3 Å². The highest BCUT2D eigenvalue weighted by atomic mass is 28.4. The summed E-state index contributed by atoms with van der Waals surface area (Å²) in [5, 5.41) is 0.279. The summed E-state index contributed by atoms with van der Waals surface area (Å²) in [4.78, 5) is 0. The second-order valence-corrected chi connectivity index (χ2v) is 10.5. The quantitative estimate of drug-likeness (QED) is 0.282. The third-order valence-electron chi connectivity index (χ3n) is 3.21. The van der Waals surface area contributed by atoms with Gasteiger partial charge in [0.1, 0.15) is 0 Å². The van der Waals surface area contributed by atoms with E-state index in [0.717, 1.165) is 25.7 Å². The van der Waals surface area contributed by atoms with E-state index >= 15 is 0 Å². The first-order valence-corrected chi connectivity index (χ1v) is 8.98. The number of terminal acetylenes is 1. The molecule has 0 aromatic carbocycles. The molecule has 0 amide bonds. The zero-order valence-electron chi connectivity index (χ0n) is 11.5. The van der Waals surface area contributed by atoms with E-state index in [1.165, 1.54) is 0 Å². The van der Waals surface area contributed by atoms with E-state index in [-0.39, 0.29) is 5.04 Å². The van der Waals surface area contributed by atoms with Gasteiger partial charge in [0.2, 0.25) is 8.32 Å². The van der Waals surface area contributed by atoms with Crippen LogP contribution in [-0.2, 0) is 4.43 Å². The standard InChI is InChI=1S/C14H26OSi/c1-7-8-9-10-11-12-13-15-16(5,6)14(2,3)4/h1,12-13H,8-11H2,2-6H3. The predicted molar refractivity (Wildman–Crippen MR) is 74.7 cm³/mol. The molecule has 0 atom stereocenters. The number of hydrogen-bond donors (Lipinski definition) is 0. The van der Waals surface area contributed by atoms with Crippen LogP contribution in [0.25, 0.3) is 0 Å². The van der Waals surface area contributed by atoms with Crippen molar-refractivity contribution in [2.24, 2.45) is 0 Å². The van der Waals surface area contributed by atoms with Crippen LogP contribution in [0.15, 0.2) is 12.3 Å². The van der Waals surface area contributed by atoms with Crippen LogP contribution in [0.4, 0.5) is 0 Å². The molecular weight excluding hydrogens is 212 g/mol. The summed E-state index contributed by atoms with van der Waals surface area (Å²) in [6.07, 6.45) is 13.4. The Kier molecular flexibility index (Phi) is 6.51.